The molecule has 2 aliphatic heterocycles. The van der Waals surface area contributed by atoms with E-state index in [0.29, 0.717) is 0 Å². The van der Waals surface area contributed by atoms with Gasteiger partial charge in [0, 0.05) is 18.6 Å². The van der Waals surface area contributed by atoms with Crippen molar-refractivity contribution in [3.8, 4) is 0 Å². The van der Waals surface area contributed by atoms with Crippen LogP contribution in [0.1, 0.15) is 6.42 Å². The second-order valence-electron chi connectivity index (χ2n) is 3.45. The minimum absolute atomic E-state index is 0.162. The van der Waals surface area contributed by atoms with Crippen LogP contribution < -0.4 is 0 Å². The Morgan fingerprint density at radius 3 is 2.81 bits per heavy atom. The molecule has 16 heavy (non-hydrogen) atoms. The summed E-state index contributed by atoms with van der Waals surface area (Å²) in [6, 6.07) is 0. The lowest BCUT2D eigenvalue weighted by Gasteiger charge is -2.40. The van der Waals surface area contributed by atoms with E-state index < -0.39 is 29.3 Å². The van der Waals surface area contributed by atoms with E-state index in [1.807, 2.05) is 0 Å². The first-order chi connectivity index (χ1) is 7.51. The number of fused-ring (bicyclic) bond motifs is 1. The third-order valence-electron chi connectivity index (χ3n) is 2.28. The highest BCUT2D eigenvalue weighted by molar-refractivity contribution is 7.81. The molecule has 1 N–H and O–H groups in total. The van der Waals surface area contributed by atoms with Crippen LogP contribution in [0, 0.1) is 0 Å². The van der Waals surface area contributed by atoms with Gasteiger partial charge in [0.2, 0.25) is 6.10 Å². The van der Waals surface area contributed by atoms with Crippen molar-refractivity contribution in [3.63, 3.8) is 0 Å². The van der Waals surface area contributed by atoms with Crippen LogP contribution in [0.2, 0.25) is 0 Å². The predicted octanol–water partition coefficient (Wildman–Crippen LogP) is -0.624. The molecule has 0 radical (unpaired) electrons. The average Bonchev–Trinajstić information content (AvgIpc) is 2.19. The zero-order valence-electron chi connectivity index (χ0n) is 8.16. The van der Waals surface area contributed by atoms with Gasteiger partial charge in [0.05, 0.1) is 6.61 Å². The summed E-state index contributed by atoms with van der Waals surface area (Å²) in [5.41, 5.74) is 0. The Hall–Kier alpha value is -1.05. The molecule has 3 unspecified atom stereocenters. The fourth-order valence-electron chi connectivity index (χ4n) is 1.52. The number of carbonyl (C=O) groups is 2. The SMILES string of the molecule is O=C1/C=C/C(=O)OC2(S)OCCC(O)C2O1. The third kappa shape index (κ3) is 2.06. The van der Waals surface area contributed by atoms with Gasteiger partial charge in [0.15, 0.2) is 0 Å². The predicted molar refractivity (Wildman–Crippen MR) is 53.4 cm³/mol. The Morgan fingerprint density at radius 2 is 2.06 bits per heavy atom. The molecular weight excluding hydrogens is 236 g/mol. The summed E-state index contributed by atoms with van der Waals surface area (Å²) < 4.78 is 14.9. The summed E-state index contributed by atoms with van der Waals surface area (Å²) in [5, 5.41) is 7.94. The molecule has 1 fully saturated rings. The molecule has 2 rings (SSSR count). The second kappa shape index (κ2) is 4.08. The molecular formula is C9H10O6S. The number of carbonyl (C=O) groups excluding carboxylic acids is 2. The maximum absolute atomic E-state index is 11.2. The molecule has 2 aliphatic rings. The van der Waals surface area contributed by atoms with Crippen molar-refractivity contribution >= 4 is 24.6 Å². The van der Waals surface area contributed by atoms with Gasteiger partial charge in [-0.3, -0.25) is 0 Å². The van der Waals surface area contributed by atoms with Crippen molar-refractivity contribution in [2.45, 2.75) is 23.7 Å². The van der Waals surface area contributed by atoms with Gasteiger partial charge in [-0.25, -0.2) is 9.59 Å². The summed E-state index contributed by atoms with van der Waals surface area (Å²) in [4.78, 5) is 22.4. The third-order valence-corrected chi connectivity index (χ3v) is 2.75. The van der Waals surface area contributed by atoms with Crippen LogP contribution in [-0.2, 0) is 23.8 Å². The normalized spacial score (nSPS) is 41.1. The summed E-state index contributed by atoms with van der Waals surface area (Å²) >= 11 is 4.02. The van der Waals surface area contributed by atoms with Gasteiger partial charge < -0.3 is 19.3 Å². The molecule has 6 nitrogen and oxygen atoms in total. The molecule has 2 heterocycles. The van der Waals surface area contributed by atoms with Crippen molar-refractivity contribution in [1.82, 2.24) is 0 Å². The molecule has 88 valence electrons. The lowest BCUT2D eigenvalue weighted by molar-refractivity contribution is -0.261. The highest BCUT2D eigenvalue weighted by Crippen LogP contribution is 2.34. The Kier molecular flexibility index (Phi) is 2.92. The fourth-order valence-corrected chi connectivity index (χ4v) is 1.93. The molecule has 0 spiro atoms. The van der Waals surface area contributed by atoms with E-state index in [-0.39, 0.29) is 13.0 Å². The summed E-state index contributed by atoms with van der Waals surface area (Å²) in [6.45, 7) is 0.162. The van der Waals surface area contributed by atoms with Crippen molar-refractivity contribution in [1.29, 1.82) is 0 Å². The molecule has 3 atom stereocenters. The molecule has 0 amide bonds. The van der Waals surface area contributed by atoms with Crippen LogP contribution in [0.4, 0.5) is 0 Å². The van der Waals surface area contributed by atoms with E-state index in [9.17, 15) is 14.7 Å². The smallest absolute Gasteiger partial charge is 0.334 e. The maximum atomic E-state index is 11.2. The van der Waals surface area contributed by atoms with Crippen molar-refractivity contribution < 1.29 is 28.9 Å². The van der Waals surface area contributed by atoms with Gasteiger partial charge in [-0.1, -0.05) is 12.6 Å². The van der Waals surface area contributed by atoms with E-state index in [0.717, 1.165) is 12.2 Å². The van der Waals surface area contributed by atoms with Crippen LogP contribution >= 0.6 is 12.6 Å². The number of hydrogen-bond donors (Lipinski definition) is 2. The molecule has 0 aromatic rings. The minimum atomic E-state index is -1.73. The van der Waals surface area contributed by atoms with Crippen LogP contribution in [-0.4, -0.2) is 41.0 Å². The summed E-state index contributed by atoms with van der Waals surface area (Å²) in [5.74, 6) is -1.52. The quantitative estimate of drug-likeness (QED) is 0.438. The Labute approximate surface area is 96.6 Å². The van der Waals surface area contributed by atoms with Crippen LogP contribution in [0.15, 0.2) is 12.2 Å². The molecule has 7 heteroatoms. The number of esters is 2. The number of aliphatic hydroxyl groups is 1. The monoisotopic (exact) mass is 246 g/mol. The first-order valence-electron chi connectivity index (χ1n) is 4.67. The standard InChI is InChI=1S/C9H10O6S/c10-5-3-4-13-9(16)8(5)14-6(11)1-2-7(12)15-9/h1-2,5,8,10,16H,3-4H2/b2-1+. The van der Waals surface area contributed by atoms with Gasteiger partial charge in [-0.15, -0.1) is 0 Å². The van der Waals surface area contributed by atoms with E-state index in [4.69, 9.17) is 14.2 Å². The van der Waals surface area contributed by atoms with Crippen molar-refractivity contribution in [2.24, 2.45) is 0 Å². The highest BCUT2D eigenvalue weighted by atomic mass is 32.1. The largest absolute Gasteiger partial charge is 0.448 e. The average molecular weight is 246 g/mol. The van der Waals surface area contributed by atoms with E-state index in [1.165, 1.54) is 0 Å². The van der Waals surface area contributed by atoms with E-state index >= 15 is 0 Å². The number of rotatable bonds is 0. The topological polar surface area (TPSA) is 82.1 Å². The maximum Gasteiger partial charge on any atom is 0.334 e. The summed E-state index contributed by atoms with van der Waals surface area (Å²) in [6.07, 6.45) is 0.0137. The zero-order chi connectivity index (χ0) is 11.8. The second-order valence-corrected chi connectivity index (χ2v) is 4.07. The van der Waals surface area contributed by atoms with Crippen molar-refractivity contribution in [2.75, 3.05) is 6.61 Å². The van der Waals surface area contributed by atoms with E-state index in [1.54, 1.807) is 0 Å². The molecule has 0 saturated carbocycles. The first kappa shape index (κ1) is 11.4. The van der Waals surface area contributed by atoms with E-state index in [2.05, 4.69) is 12.6 Å². The Morgan fingerprint density at radius 1 is 1.38 bits per heavy atom. The van der Waals surface area contributed by atoms with Crippen molar-refractivity contribution in [3.05, 3.63) is 12.2 Å². The lowest BCUT2D eigenvalue weighted by Crippen LogP contribution is -2.56. The molecule has 0 aromatic carbocycles. The van der Waals surface area contributed by atoms with Crippen LogP contribution in [0.25, 0.3) is 0 Å². The lowest BCUT2D eigenvalue weighted by atomic mass is 10.1. The Bertz CT molecular complexity index is 354. The van der Waals surface area contributed by atoms with Crippen LogP contribution in [0.5, 0.6) is 0 Å². The number of ether oxygens (including phenoxy) is 3. The fraction of sp³-hybridized carbons (Fsp3) is 0.556. The van der Waals surface area contributed by atoms with Gasteiger partial charge in [0.1, 0.15) is 6.10 Å². The molecule has 0 aromatic heterocycles. The first-order valence-corrected chi connectivity index (χ1v) is 5.12. The zero-order valence-corrected chi connectivity index (χ0v) is 9.05. The summed E-state index contributed by atoms with van der Waals surface area (Å²) in [7, 11) is 0. The van der Waals surface area contributed by atoms with Gasteiger partial charge in [-0.05, 0) is 0 Å². The van der Waals surface area contributed by atoms with Gasteiger partial charge >= 0.3 is 17.1 Å². The van der Waals surface area contributed by atoms with Gasteiger partial charge in [0.25, 0.3) is 0 Å². The molecule has 1 saturated heterocycles. The minimum Gasteiger partial charge on any atom is -0.448 e. The molecule has 0 aliphatic carbocycles. The number of hydrogen-bond acceptors (Lipinski definition) is 7. The van der Waals surface area contributed by atoms with Crippen LogP contribution in [0.3, 0.4) is 0 Å². The Balaban J connectivity index is 2.31. The number of aliphatic hydroxyl groups excluding tert-OH is 1. The van der Waals surface area contributed by atoms with Gasteiger partial charge in [-0.2, -0.15) is 0 Å². The molecule has 0 bridgehead atoms. The number of thiol groups is 1. The highest BCUT2D eigenvalue weighted by Gasteiger charge is 2.50.